The predicted octanol–water partition coefficient (Wildman–Crippen LogP) is 6.21. The van der Waals surface area contributed by atoms with E-state index in [4.69, 9.17) is 4.74 Å². The van der Waals surface area contributed by atoms with Gasteiger partial charge in [-0.1, -0.05) is 49.6 Å². The molecule has 0 aliphatic heterocycles. The Bertz CT molecular complexity index is 1430. The van der Waals surface area contributed by atoms with Gasteiger partial charge in [0.15, 0.2) is 0 Å². The van der Waals surface area contributed by atoms with Crippen LogP contribution in [0.1, 0.15) is 53.9 Å². The van der Waals surface area contributed by atoms with Gasteiger partial charge in [0.1, 0.15) is 12.3 Å². The van der Waals surface area contributed by atoms with Gasteiger partial charge >= 0.3 is 11.9 Å². The molecule has 1 aliphatic carbocycles. The van der Waals surface area contributed by atoms with Crippen LogP contribution in [0.15, 0.2) is 60.9 Å². The molecule has 2 heterocycles. The third kappa shape index (κ3) is 4.33. The number of carboxylic acids is 2. The number of nitrogens with zero attached hydrogens (tertiary/aromatic N) is 2. The van der Waals surface area contributed by atoms with E-state index in [0.29, 0.717) is 11.4 Å². The Morgan fingerprint density at radius 2 is 1.72 bits per heavy atom. The summed E-state index contributed by atoms with van der Waals surface area (Å²) in [6.45, 7) is -0.250. The standard InChI is InChI=1S/C29H28N2O5/c1-36-25-13-14-30-16-23(25)18-7-9-20(10-8-18)28-27(19-5-3-2-4-6-19)22-12-11-21(29(34)35)15-24(22)31(28)17-26(32)33/h7-16,19H,2-6,17H2,1H3,(H,32,33)(H,34,35). The van der Waals surface area contributed by atoms with E-state index in [9.17, 15) is 19.8 Å². The van der Waals surface area contributed by atoms with Crippen LogP contribution in [-0.4, -0.2) is 38.8 Å². The molecule has 5 rings (SSSR count). The van der Waals surface area contributed by atoms with Gasteiger partial charge in [-0.05, 0) is 53.6 Å². The summed E-state index contributed by atoms with van der Waals surface area (Å²) in [7, 11) is 1.62. The molecule has 4 aromatic rings. The van der Waals surface area contributed by atoms with Crippen molar-refractivity contribution in [3.8, 4) is 28.1 Å². The number of ether oxygens (including phenoxy) is 1. The van der Waals surface area contributed by atoms with Crippen LogP contribution < -0.4 is 4.74 Å². The van der Waals surface area contributed by atoms with E-state index in [-0.39, 0.29) is 12.1 Å². The highest BCUT2D eigenvalue weighted by atomic mass is 16.5. The minimum absolute atomic E-state index is 0.146. The molecule has 1 aliphatic rings. The Hall–Kier alpha value is -4.13. The van der Waals surface area contributed by atoms with Crippen LogP contribution in [-0.2, 0) is 11.3 Å². The highest BCUT2D eigenvalue weighted by molar-refractivity contribution is 5.99. The second-order valence-electron chi connectivity index (χ2n) is 9.27. The minimum atomic E-state index is -1.03. The van der Waals surface area contributed by atoms with Gasteiger partial charge in [0.05, 0.1) is 23.9 Å². The molecule has 0 atom stereocenters. The number of fused-ring (bicyclic) bond motifs is 1. The number of aliphatic carboxylic acids is 1. The van der Waals surface area contributed by atoms with Gasteiger partial charge in [-0.25, -0.2) is 4.79 Å². The van der Waals surface area contributed by atoms with E-state index >= 15 is 0 Å². The molecule has 1 fully saturated rings. The Labute approximate surface area is 209 Å². The average Bonchev–Trinajstić information content (AvgIpc) is 3.22. The quantitative estimate of drug-likeness (QED) is 0.323. The van der Waals surface area contributed by atoms with Crippen molar-refractivity contribution in [1.82, 2.24) is 9.55 Å². The van der Waals surface area contributed by atoms with Crippen molar-refractivity contribution in [2.24, 2.45) is 0 Å². The first kappa shape index (κ1) is 23.6. The van der Waals surface area contributed by atoms with Crippen molar-refractivity contribution < 1.29 is 24.5 Å². The number of rotatable bonds is 7. The van der Waals surface area contributed by atoms with Gasteiger partial charge in [-0.15, -0.1) is 0 Å². The molecular formula is C29H28N2O5. The smallest absolute Gasteiger partial charge is 0.335 e. The van der Waals surface area contributed by atoms with Crippen LogP contribution in [0, 0.1) is 0 Å². The maximum absolute atomic E-state index is 12.0. The summed E-state index contributed by atoms with van der Waals surface area (Å²) in [5, 5.41) is 20.3. The van der Waals surface area contributed by atoms with Crippen LogP contribution in [0.5, 0.6) is 5.75 Å². The number of methoxy groups -OCH3 is 1. The lowest BCUT2D eigenvalue weighted by atomic mass is 9.81. The molecule has 0 radical (unpaired) electrons. The largest absolute Gasteiger partial charge is 0.496 e. The van der Waals surface area contributed by atoms with Crippen LogP contribution >= 0.6 is 0 Å². The second-order valence-corrected chi connectivity index (χ2v) is 9.27. The number of carboxylic acid groups (broad SMARTS) is 2. The predicted molar refractivity (Wildman–Crippen MR) is 138 cm³/mol. The zero-order valence-electron chi connectivity index (χ0n) is 20.1. The van der Waals surface area contributed by atoms with Crippen molar-refractivity contribution in [1.29, 1.82) is 0 Å². The number of hydrogen-bond donors (Lipinski definition) is 2. The van der Waals surface area contributed by atoms with Crippen LogP contribution in [0.4, 0.5) is 0 Å². The Balaban J connectivity index is 1.73. The second kappa shape index (κ2) is 9.85. The third-order valence-electron chi connectivity index (χ3n) is 7.13. The monoisotopic (exact) mass is 484 g/mol. The highest BCUT2D eigenvalue weighted by Crippen LogP contribution is 2.44. The molecule has 0 amide bonds. The van der Waals surface area contributed by atoms with Gasteiger partial charge in [-0.2, -0.15) is 0 Å². The van der Waals surface area contributed by atoms with Crippen molar-refractivity contribution >= 4 is 22.8 Å². The molecule has 0 unspecified atom stereocenters. The number of carbonyl (C=O) groups is 2. The number of aromatic carboxylic acids is 1. The molecule has 36 heavy (non-hydrogen) atoms. The number of benzene rings is 2. The first-order valence-electron chi connectivity index (χ1n) is 12.2. The molecule has 0 bridgehead atoms. The molecule has 184 valence electrons. The minimum Gasteiger partial charge on any atom is -0.496 e. The number of hydrogen-bond acceptors (Lipinski definition) is 4. The summed E-state index contributed by atoms with van der Waals surface area (Å²) in [4.78, 5) is 27.9. The lowest BCUT2D eigenvalue weighted by Gasteiger charge is -2.23. The zero-order chi connectivity index (χ0) is 25.2. The topological polar surface area (TPSA) is 102 Å². The van der Waals surface area contributed by atoms with Crippen molar-refractivity contribution in [3.05, 3.63) is 72.1 Å². The molecule has 7 heteroatoms. The average molecular weight is 485 g/mol. The van der Waals surface area contributed by atoms with Crippen molar-refractivity contribution in [3.63, 3.8) is 0 Å². The van der Waals surface area contributed by atoms with Gasteiger partial charge in [-0.3, -0.25) is 9.78 Å². The Kier molecular flexibility index (Phi) is 6.46. The van der Waals surface area contributed by atoms with Gasteiger partial charge < -0.3 is 19.5 Å². The van der Waals surface area contributed by atoms with E-state index in [1.807, 2.05) is 36.4 Å². The van der Waals surface area contributed by atoms with E-state index in [1.165, 1.54) is 6.42 Å². The summed E-state index contributed by atoms with van der Waals surface area (Å²) < 4.78 is 7.26. The Morgan fingerprint density at radius 3 is 2.39 bits per heavy atom. The molecule has 2 N–H and O–H groups in total. The molecule has 2 aromatic carbocycles. The molecule has 7 nitrogen and oxygen atoms in total. The first-order valence-corrected chi connectivity index (χ1v) is 12.2. The Morgan fingerprint density at radius 1 is 1.00 bits per heavy atom. The molecule has 0 saturated heterocycles. The highest BCUT2D eigenvalue weighted by Gasteiger charge is 2.27. The molecule has 2 aromatic heterocycles. The first-order chi connectivity index (χ1) is 17.5. The maximum Gasteiger partial charge on any atom is 0.335 e. The summed E-state index contributed by atoms with van der Waals surface area (Å²) in [6, 6.07) is 14.9. The fourth-order valence-corrected chi connectivity index (χ4v) is 5.51. The van der Waals surface area contributed by atoms with Gasteiger partial charge in [0.25, 0.3) is 0 Å². The van der Waals surface area contributed by atoms with Crippen molar-refractivity contribution in [2.75, 3.05) is 7.11 Å². The van der Waals surface area contributed by atoms with Crippen LogP contribution in [0.25, 0.3) is 33.3 Å². The normalized spacial score (nSPS) is 14.1. The summed E-state index contributed by atoms with van der Waals surface area (Å²) >= 11 is 0. The lowest BCUT2D eigenvalue weighted by molar-refractivity contribution is -0.137. The molecule has 1 saturated carbocycles. The number of pyridine rings is 1. The van der Waals surface area contributed by atoms with E-state index in [0.717, 1.165) is 64.8 Å². The fraction of sp³-hybridized carbons (Fsp3) is 0.276. The summed E-state index contributed by atoms with van der Waals surface area (Å²) in [6.07, 6.45) is 8.96. The van der Waals surface area contributed by atoms with Crippen molar-refractivity contribution in [2.45, 2.75) is 44.6 Å². The van der Waals surface area contributed by atoms with Crippen LogP contribution in [0.3, 0.4) is 0 Å². The number of aromatic nitrogens is 2. The summed E-state index contributed by atoms with van der Waals surface area (Å²) in [5.41, 5.74) is 5.48. The van der Waals surface area contributed by atoms with Gasteiger partial charge in [0, 0.05) is 23.3 Å². The van der Waals surface area contributed by atoms with E-state index in [2.05, 4.69) is 4.98 Å². The SMILES string of the molecule is COc1ccncc1-c1ccc(-c2c(C3CCCCC3)c3ccc(C(=O)O)cc3n2CC(=O)O)cc1. The molecule has 0 spiro atoms. The van der Waals surface area contributed by atoms with E-state index in [1.54, 1.807) is 36.2 Å². The fourth-order valence-electron chi connectivity index (χ4n) is 5.51. The summed E-state index contributed by atoms with van der Waals surface area (Å²) in [5.74, 6) is -0.988. The maximum atomic E-state index is 12.0. The van der Waals surface area contributed by atoms with Gasteiger partial charge in [0.2, 0.25) is 0 Å². The van der Waals surface area contributed by atoms with Crippen LogP contribution in [0.2, 0.25) is 0 Å². The lowest BCUT2D eigenvalue weighted by Crippen LogP contribution is -2.11. The zero-order valence-corrected chi connectivity index (χ0v) is 20.1. The van der Waals surface area contributed by atoms with E-state index < -0.39 is 11.9 Å². The third-order valence-corrected chi connectivity index (χ3v) is 7.13. The molecular weight excluding hydrogens is 456 g/mol.